The molecule has 1 N–H and O–H groups in total. The molecule has 3 rings (SSSR count). The van der Waals surface area contributed by atoms with Crippen molar-refractivity contribution in [1.29, 1.82) is 0 Å². The standard InChI is InChI=1S/C20H20N2O4/c1-4-15-18(20(24)25)16(11-23)22(10-14-8-6-5-7-9-14)19(15)17-12(2)21-26-13(17)3/h5-9,11H,4,10H2,1-3H3,(H,24,25). The van der Waals surface area contributed by atoms with Crippen molar-refractivity contribution in [2.45, 2.75) is 33.7 Å². The molecule has 2 heterocycles. The number of aryl methyl sites for hydroxylation is 2. The molecule has 6 nitrogen and oxygen atoms in total. The van der Waals surface area contributed by atoms with Crippen LogP contribution in [0.2, 0.25) is 0 Å². The topological polar surface area (TPSA) is 85.3 Å². The Morgan fingerprint density at radius 1 is 1.27 bits per heavy atom. The smallest absolute Gasteiger partial charge is 0.338 e. The molecule has 0 fully saturated rings. The molecule has 0 atom stereocenters. The van der Waals surface area contributed by atoms with Gasteiger partial charge in [-0.15, -0.1) is 0 Å². The maximum Gasteiger partial charge on any atom is 0.338 e. The second-order valence-corrected chi connectivity index (χ2v) is 6.13. The summed E-state index contributed by atoms with van der Waals surface area (Å²) in [5.74, 6) is -0.512. The summed E-state index contributed by atoms with van der Waals surface area (Å²) in [5.41, 5.74) is 3.89. The molecule has 0 saturated carbocycles. The molecule has 0 saturated heterocycles. The van der Waals surface area contributed by atoms with Crippen molar-refractivity contribution < 1.29 is 19.2 Å². The van der Waals surface area contributed by atoms with Crippen LogP contribution in [0.1, 0.15) is 50.4 Å². The molecular weight excluding hydrogens is 332 g/mol. The van der Waals surface area contributed by atoms with Gasteiger partial charge in [0, 0.05) is 6.54 Å². The van der Waals surface area contributed by atoms with E-state index >= 15 is 0 Å². The zero-order chi connectivity index (χ0) is 18.8. The third-order valence-electron chi connectivity index (χ3n) is 4.54. The monoisotopic (exact) mass is 352 g/mol. The van der Waals surface area contributed by atoms with Crippen LogP contribution >= 0.6 is 0 Å². The highest BCUT2D eigenvalue weighted by Crippen LogP contribution is 2.36. The molecule has 3 aromatic rings. The van der Waals surface area contributed by atoms with Crippen molar-refractivity contribution in [2.24, 2.45) is 0 Å². The number of carbonyl (C=O) groups is 2. The number of carboxylic acids is 1. The summed E-state index contributed by atoms with van der Waals surface area (Å²) in [6.45, 7) is 5.86. The summed E-state index contributed by atoms with van der Waals surface area (Å²) < 4.78 is 7.06. The number of carboxylic acid groups (broad SMARTS) is 1. The highest BCUT2D eigenvalue weighted by atomic mass is 16.5. The summed E-state index contributed by atoms with van der Waals surface area (Å²) in [5, 5.41) is 13.7. The van der Waals surface area contributed by atoms with Crippen molar-refractivity contribution in [3.05, 3.63) is 64.2 Å². The largest absolute Gasteiger partial charge is 0.478 e. The van der Waals surface area contributed by atoms with Crippen LogP contribution in [0.3, 0.4) is 0 Å². The number of hydrogen-bond acceptors (Lipinski definition) is 4. The first-order valence-corrected chi connectivity index (χ1v) is 8.40. The normalized spacial score (nSPS) is 10.9. The summed E-state index contributed by atoms with van der Waals surface area (Å²) in [6, 6.07) is 9.62. The Bertz CT molecular complexity index is 948. The average Bonchev–Trinajstić information content (AvgIpc) is 3.12. The summed E-state index contributed by atoms with van der Waals surface area (Å²) in [4.78, 5) is 23.7. The predicted octanol–water partition coefficient (Wildman–Crippen LogP) is 3.88. The average molecular weight is 352 g/mol. The molecule has 0 bridgehead atoms. The van der Waals surface area contributed by atoms with E-state index < -0.39 is 5.97 Å². The maximum atomic E-state index is 11.9. The molecule has 1 aromatic carbocycles. The quantitative estimate of drug-likeness (QED) is 0.681. The number of hydrogen-bond donors (Lipinski definition) is 1. The fourth-order valence-corrected chi connectivity index (χ4v) is 3.43. The van der Waals surface area contributed by atoms with E-state index in [4.69, 9.17) is 4.52 Å². The molecular formula is C20H20N2O4. The third kappa shape index (κ3) is 2.83. The lowest BCUT2D eigenvalue weighted by molar-refractivity contribution is 0.0692. The maximum absolute atomic E-state index is 11.9. The molecule has 0 amide bonds. The fourth-order valence-electron chi connectivity index (χ4n) is 3.43. The number of aromatic carboxylic acids is 1. The van der Waals surface area contributed by atoms with Crippen LogP contribution in [0.5, 0.6) is 0 Å². The first-order chi connectivity index (χ1) is 12.5. The van der Waals surface area contributed by atoms with Crippen molar-refractivity contribution in [3.8, 4) is 11.3 Å². The van der Waals surface area contributed by atoms with Crippen LogP contribution in [-0.4, -0.2) is 27.1 Å². The number of nitrogens with zero attached hydrogens (tertiary/aromatic N) is 2. The van der Waals surface area contributed by atoms with Gasteiger partial charge in [-0.05, 0) is 31.4 Å². The molecule has 0 unspecified atom stereocenters. The van der Waals surface area contributed by atoms with E-state index in [2.05, 4.69) is 5.16 Å². The summed E-state index contributed by atoms with van der Waals surface area (Å²) in [7, 11) is 0. The highest BCUT2D eigenvalue weighted by Gasteiger charge is 2.29. The lowest BCUT2D eigenvalue weighted by atomic mass is 10.0. The first-order valence-electron chi connectivity index (χ1n) is 8.40. The van der Waals surface area contributed by atoms with Crippen molar-refractivity contribution in [1.82, 2.24) is 9.72 Å². The van der Waals surface area contributed by atoms with Gasteiger partial charge in [-0.3, -0.25) is 4.79 Å². The van der Waals surface area contributed by atoms with Crippen molar-refractivity contribution in [2.75, 3.05) is 0 Å². The van der Waals surface area contributed by atoms with E-state index in [0.717, 1.165) is 11.1 Å². The lowest BCUT2D eigenvalue weighted by Crippen LogP contribution is -2.08. The van der Waals surface area contributed by atoms with Crippen LogP contribution in [0, 0.1) is 13.8 Å². The molecule has 0 spiro atoms. The number of benzene rings is 1. The van der Waals surface area contributed by atoms with Crippen molar-refractivity contribution in [3.63, 3.8) is 0 Å². The van der Waals surface area contributed by atoms with Crippen LogP contribution in [-0.2, 0) is 13.0 Å². The molecule has 134 valence electrons. The zero-order valence-corrected chi connectivity index (χ0v) is 14.9. The Labute approximate surface area is 151 Å². The van der Waals surface area contributed by atoms with Gasteiger partial charge in [0.2, 0.25) is 0 Å². The minimum atomic E-state index is -1.11. The number of aromatic nitrogens is 2. The zero-order valence-electron chi connectivity index (χ0n) is 14.9. The van der Waals surface area contributed by atoms with E-state index in [0.29, 0.717) is 42.0 Å². The van der Waals surface area contributed by atoms with Crippen molar-refractivity contribution >= 4 is 12.3 Å². The summed E-state index contributed by atoms with van der Waals surface area (Å²) >= 11 is 0. The van der Waals surface area contributed by atoms with Gasteiger partial charge in [0.25, 0.3) is 0 Å². The van der Waals surface area contributed by atoms with E-state index in [1.807, 2.05) is 44.2 Å². The molecule has 0 radical (unpaired) electrons. The Kier molecular flexibility index (Phi) is 4.75. The predicted molar refractivity (Wildman–Crippen MR) is 96.7 cm³/mol. The van der Waals surface area contributed by atoms with E-state index in [9.17, 15) is 14.7 Å². The third-order valence-corrected chi connectivity index (χ3v) is 4.54. The number of aldehydes is 1. The van der Waals surface area contributed by atoms with E-state index in [1.165, 1.54) is 0 Å². The SMILES string of the molecule is CCc1c(C(=O)O)c(C=O)n(Cc2ccccc2)c1-c1c(C)noc1C. The number of carbonyl (C=O) groups excluding carboxylic acids is 1. The Morgan fingerprint density at radius 2 is 1.96 bits per heavy atom. The van der Waals surface area contributed by atoms with Gasteiger partial charge in [0.15, 0.2) is 6.29 Å². The molecule has 2 aromatic heterocycles. The van der Waals surface area contributed by atoms with Gasteiger partial charge in [-0.25, -0.2) is 4.79 Å². The Morgan fingerprint density at radius 3 is 2.46 bits per heavy atom. The molecule has 0 aliphatic heterocycles. The van der Waals surface area contributed by atoms with Crippen LogP contribution < -0.4 is 0 Å². The minimum Gasteiger partial charge on any atom is -0.478 e. The van der Waals surface area contributed by atoms with Gasteiger partial charge in [0.05, 0.1) is 28.2 Å². The van der Waals surface area contributed by atoms with Crippen LogP contribution in [0.4, 0.5) is 0 Å². The van der Waals surface area contributed by atoms with Crippen LogP contribution in [0.15, 0.2) is 34.9 Å². The second kappa shape index (κ2) is 7.00. The van der Waals surface area contributed by atoms with E-state index in [1.54, 1.807) is 11.5 Å². The molecule has 0 aliphatic rings. The second-order valence-electron chi connectivity index (χ2n) is 6.13. The first kappa shape index (κ1) is 17.7. The number of rotatable bonds is 6. The summed E-state index contributed by atoms with van der Waals surface area (Å²) in [6.07, 6.45) is 1.09. The van der Waals surface area contributed by atoms with Gasteiger partial charge in [0.1, 0.15) is 5.76 Å². The molecule has 6 heteroatoms. The van der Waals surface area contributed by atoms with E-state index in [-0.39, 0.29) is 11.3 Å². The lowest BCUT2D eigenvalue weighted by Gasteiger charge is -2.12. The van der Waals surface area contributed by atoms with Crippen LogP contribution in [0.25, 0.3) is 11.3 Å². The molecule has 26 heavy (non-hydrogen) atoms. The molecule has 0 aliphatic carbocycles. The fraction of sp³-hybridized carbons (Fsp3) is 0.250. The minimum absolute atomic E-state index is 0.0495. The van der Waals surface area contributed by atoms with Gasteiger partial charge < -0.3 is 14.2 Å². The van der Waals surface area contributed by atoms with Gasteiger partial charge in [-0.1, -0.05) is 42.4 Å². The van der Waals surface area contributed by atoms with Gasteiger partial charge >= 0.3 is 5.97 Å². The Balaban J connectivity index is 2.36. The van der Waals surface area contributed by atoms with Gasteiger partial charge in [-0.2, -0.15) is 0 Å². The highest BCUT2D eigenvalue weighted by molar-refractivity contribution is 6.01. The Hall–Kier alpha value is -3.15.